The Bertz CT molecular complexity index is 1200. The fourth-order valence-corrected chi connectivity index (χ4v) is 4.89. The summed E-state index contributed by atoms with van der Waals surface area (Å²) in [5, 5.41) is 6.01. The predicted molar refractivity (Wildman–Crippen MR) is 134 cm³/mol. The van der Waals surface area contributed by atoms with Crippen molar-refractivity contribution in [1.82, 2.24) is 19.7 Å². The van der Waals surface area contributed by atoms with Crippen LogP contribution in [0.5, 0.6) is 11.8 Å². The Morgan fingerprint density at radius 2 is 1.94 bits per heavy atom. The van der Waals surface area contributed by atoms with Gasteiger partial charge in [0, 0.05) is 51.3 Å². The highest BCUT2D eigenvalue weighted by atomic mass is 16.5. The van der Waals surface area contributed by atoms with Crippen molar-refractivity contribution < 1.29 is 23.7 Å². The monoisotopic (exact) mass is 495 g/mol. The van der Waals surface area contributed by atoms with Gasteiger partial charge in [-0.2, -0.15) is 15.1 Å². The van der Waals surface area contributed by atoms with Crippen molar-refractivity contribution in [1.29, 1.82) is 0 Å². The van der Waals surface area contributed by atoms with Gasteiger partial charge in [0.25, 0.3) is 0 Å². The predicted octanol–water partition coefficient (Wildman–Crippen LogP) is 3.59. The summed E-state index contributed by atoms with van der Waals surface area (Å²) in [6.45, 7) is 5.86. The lowest BCUT2D eigenvalue weighted by Gasteiger charge is -2.39. The minimum absolute atomic E-state index is 0.0822. The van der Waals surface area contributed by atoms with Crippen LogP contribution in [0.2, 0.25) is 0 Å². The smallest absolute Gasteiger partial charge is 0.318 e. The molecule has 3 aliphatic rings. The number of nitrogens with zero attached hydrogens (tertiary/aromatic N) is 5. The maximum absolute atomic E-state index is 6.19. The van der Waals surface area contributed by atoms with Crippen molar-refractivity contribution in [2.75, 3.05) is 51.5 Å². The summed E-state index contributed by atoms with van der Waals surface area (Å²) >= 11 is 0. The standard InChI is InChI=1S/C26H33N5O5/c1-17-16-33-9-5-11-35-26-27-21(13-23(28-26)30-14-19(15-30)32-2)25-20-12-18(36-17)7-8-22(20)31(29-25)24-6-3-4-10-34-24/h7-8,12-13,17,19,24H,3-6,9-11,14-16H2,1-2H3/t17-,24?/m0/s1. The number of fused-ring (bicyclic) bond motifs is 4. The number of hydrogen-bond donors (Lipinski definition) is 0. The van der Waals surface area contributed by atoms with Crippen LogP contribution in [0.1, 0.15) is 38.8 Å². The second-order valence-corrected chi connectivity index (χ2v) is 9.66. The van der Waals surface area contributed by atoms with E-state index >= 15 is 0 Å². The summed E-state index contributed by atoms with van der Waals surface area (Å²) in [6, 6.07) is 8.43. The molecular formula is C26H33N5O5. The van der Waals surface area contributed by atoms with E-state index in [9.17, 15) is 0 Å². The molecule has 1 aromatic carbocycles. The average Bonchev–Trinajstić information content (AvgIpc) is 3.24. The first-order valence-electron chi connectivity index (χ1n) is 12.9. The average molecular weight is 496 g/mol. The van der Waals surface area contributed by atoms with Gasteiger partial charge in [-0.3, -0.25) is 0 Å². The van der Waals surface area contributed by atoms with Crippen LogP contribution in [0.3, 0.4) is 0 Å². The third-order valence-electron chi connectivity index (χ3n) is 6.90. The Labute approximate surface area is 210 Å². The number of methoxy groups -OCH3 is 1. The van der Waals surface area contributed by atoms with Crippen molar-refractivity contribution in [3.05, 3.63) is 24.3 Å². The third-order valence-corrected chi connectivity index (χ3v) is 6.90. The third kappa shape index (κ3) is 4.72. The summed E-state index contributed by atoms with van der Waals surface area (Å²) in [7, 11) is 1.74. The molecule has 6 rings (SSSR count). The molecule has 10 nitrogen and oxygen atoms in total. The maximum atomic E-state index is 6.19. The van der Waals surface area contributed by atoms with Gasteiger partial charge in [-0.25, -0.2) is 4.68 Å². The topological polar surface area (TPSA) is 93.0 Å². The highest BCUT2D eigenvalue weighted by Gasteiger charge is 2.30. The Hall–Kier alpha value is -2.95. The summed E-state index contributed by atoms with van der Waals surface area (Å²) < 4.78 is 31.5. The second kappa shape index (κ2) is 10.2. The van der Waals surface area contributed by atoms with E-state index in [4.69, 9.17) is 38.8 Å². The zero-order valence-corrected chi connectivity index (χ0v) is 20.9. The zero-order valence-electron chi connectivity index (χ0n) is 20.9. The second-order valence-electron chi connectivity index (χ2n) is 9.66. The van der Waals surface area contributed by atoms with Gasteiger partial charge in [0.2, 0.25) is 0 Å². The molecule has 0 aliphatic carbocycles. The molecule has 10 heteroatoms. The van der Waals surface area contributed by atoms with Crippen LogP contribution in [-0.4, -0.2) is 78.6 Å². The molecule has 2 aromatic heterocycles. The summed E-state index contributed by atoms with van der Waals surface area (Å²) in [4.78, 5) is 11.7. The molecule has 3 aliphatic heterocycles. The first-order valence-corrected chi connectivity index (χ1v) is 12.9. The molecule has 192 valence electrons. The van der Waals surface area contributed by atoms with E-state index in [1.54, 1.807) is 7.11 Å². The fraction of sp³-hybridized carbons (Fsp3) is 0.577. The molecule has 0 spiro atoms. The van der Waals surface area contributed by atoms with E-state index in [-0.39, 0.29) is 18.4 Å². The highest BCUT2D eigenvalue weighted by molar-refractivity contribution is 5.94. The van der Waals surface area contributed by atoms with Gasteiger partial charge in [-0.05, 0) is 44.4 Å². The van der Waals surface area contributed by atoms with Crippen LogP contribution in [0.4, 0.5) is 5.82 Å². The lowest BCUT2D eigenvalue weighted by atomic mass is 10.1. The van der Waals surface area contributed by atoms with Crippen molar-refractivity contribution in [3.63, 3.8) is 0 Å². The molecule has 4 bridgehead atoms. The van der Waals surface area contributed by atoms with E-state index in [1.807, 2.05) is 29.8 Å². The van der Waals surface area contributed by atoms with E-state index in [2.05, 4.69) is 11.0 Å². The quantitative estimate of drug-likeness (QED) is 0.540. The van der Waals surface area contributed by atoms with E-state index in [1.165, 1.54) is 0 Å². The SMILES string of the molecule is COC1CN(c2cc3nc(n2)OCCCOC[C@H](C)Oc2ccc4c(c2)c-3nn4C2CCCCO2)C1. The molecule has 2 fully saturated rings. The number of benzene rings is 1. The van der Waals surface area contributed by atoms with Crippen LogP contribution >= 0.6 is 0 Å². The van der Waals surface area contributed by atoms with Crippen molar-refractivity contribution in [2.24, 2.45) is 0 Å². The van der Waals surface area contributed by atoms with Gasteiger partial charge in [0.05, 0.1) is 24.8 Å². The molecule has 0 saturated carbocycles. The van der Waals surface area contributed by atoms with Crippen molar-refractivity contribution in [3.8, 4) is 23.1 Å². The highest BCUT2D eigenvalue weighted by Crippen LogP contribution is 2.36. The van der Waals surface area contributed by atoms with Crippen molar-refractivity contribution in [2.45, 2.75) is 51.0 Å². The van der Waals surface area contributed by atoms with Gasteiger partial charge in [-0.1, -0.05) is 0 Å². The van der Waals surface area contributed by atoms with Crippen LogP contribution in [0.25, 0.3) is 22.3 Å². The molecule has 2 saturated heterocycles. The van der Waals surface area contributed by atoms with Gasteiger partial charge in [0.1, 0.15) is 29.1 Å². The molecule has 0 radical (unpaired) electrons. The number of ether oxygens (including phenoxy) is 5. The number of hydrogen-bond acceptors (Lipinski definition) is 9. The molecule has 2 atom stereocenters. The van der Waals surface area contributed by atoms with Crippen LogP contribution in [-0.2, 0) is 14.2 Å². The molecular weight excluding hydrogens is 462 g/mol. The van der Waals surface area contributed by atoms with Gasteiger partial charge < -0.3 is 28.6 Å². The van der Waals surface area contributed by atoms with Crippen LogP contribution in [0.15, 0.2) is 24.3 Å². The normalized spacial score (nSPS) is 23.4. The summed E-state index contributed by atoms with van der Waals surface area (Å²) in [6.07, 6.45) is 3.88. The molecule has 36 heavy (non-hydrogen) atoms. The zero-order chi connectivity index (χ0) is 24.5. The lowest BCUT2D eigenvalue weighted by molar-refractivity contribution is -0.0365. The van der Waals surface area contributed by atoms with Gasteiger partial charge >= 0.3 is 6.01 Å². The Kier molecular flexibility index (Phi) is 6.64. The van der Waals surface area contributed by atoms with E-state index in [0.717, 1.165) is 73.5 Å². The fourth-order valence-electron chi connectivity index (χ4n) is 4.89. The van der Waals surface area contributed by atoms with E-state index < -0.39 is 0 Å². The molecule has 0 N–H and O–H groups in total. The Balaban J connectivity index is 1.47. The number of aromatic nitrogens is 4. The largest absolute Gasteiger partial charge is 0.488 e. The minimum atomic E-state index is -0.102. The number of anilines is 1. The molecule has 0 amide bonds. The summed E-state index contributed by atoms with van der Waals surface area (Å²) in [5.74, 6) is 1.58. The van der Waals surface area contributed by atoms with Crippen LogP contribution < -0.4 is 14.4 Å². The Morgan fingerprint density at radius 1 is 1.03 bits per heavy atom. The molecule has 3 aromatic rings. The molecule has 1 unspecified atom stereocenters. The van der Waals surface area contributed by atoms with Crippen LogP contribution in [0, 0.1) is 0 Å². The lowest BCUT2D eigenvalue weighted by Crippen LogP contribution is -2.52. The van der Waals surface area contributed by atoms with Gasteiger partial charge in [0.15, 0.2) is 6.23 Å². The summed E-state index contributed by atoms with van der Waals surface area (Å²) in [5.41, 5.74) is 2.47. The maximum Gasteiger partial charge on any atom is 0.318 e. The first-order chi connectivity index (χ1) is 17.7. The Morgan fingerprint density at radius 3 is 2.78 bits per heavy atom. The van der Waals surface area contributed by atoms with E-state index in [0.29, 0.717) is 31.5 Å². The minimum Gasteiger partial charge on any atom is -0.488 e. The van der Waals surface area contributed by atoms with Gasteiger partial charge in [-0.15, -0.1) is 0 Å². The molecule has 5 heterocycles. The first kappa shape index (κ1) is 23.4. The number of rotatable bonds is 3. The van der Waals surface area contributed by atoms with Crippen molar-refractivity contribution >= 4 is 16.7 Å².